The van der Waals surface area contributed by atoms with Crippen molar-refractivity contribution in [1.29, 1.82) is 0 Å². The van der Waals surface area contributed by atoms with Gasteiger partial charge in [-0.15, -0.1) is 0 Å². The van der Waals surface area contributed by atoms with Crippen LogP contribution in [0.2, 0.25) is 0 Å². The number of carbonyl (C=O) groups excluding carboxylic acids is 1. The van der Waals surface area contributed by atoms with Gasteiger partial charge in [0.1, 0.15) is 5.69 Å². The summed E-state index contributed by atoms with van der Waals surface area (Å²) < 4.78 is 12.4. The molecule has 0 unspecified atom stereocenters. The second-order valence-electron chi connectivity index (χ2n) is 5.74. The zero-order valence-electron chi connectivity index (χ0n) is 15.0. The van der Waals surface area contributed by atoms with Crippen LogP contribution in [-0.4, -0.2) is 29.7 Å². The molecule has 3 aromatic rings. The summed E-state index contributed by atoms with van der Waals surface area (Å²) >= 11 is 0. The summed E-state index contributed by atoms with van der Waals surface area (Å²) in [6, 6.07) is 13.0. The lowest BCUT2D eigenvalue weighted by Crippen LogP contribution is -2.25. The van der Waals surface area contributed by atoms with E-state index in [1.165, 1.54) is 0 Å². The highest BCUT2D eigenvalue weighted by Gasteiger charge is 2.14. The lowest BCUT2D eigenvalue weighted by atomic mass is 10.2. The Morgan fingerprint density at radius 3 is 2.65 bits per heavy atom. The van der Waals surface area contributed by atoms with Gasteiger partial charge in [0, 0.05) is 18.9 Å². The molecule has 1 N–H and O–H groups in total. The average molecular weight is 351 g/mol. The van der Waals surface area contributed by atoms with Crippen LogP contribution in [0.4, 0.5) is 0 Å². The number of hydrogen-bond donors (Lipinski definition) is 1. The average Bonchev–Trinajstić information content (AvgIpc) is 3.15. The van der Waals surface area contributed by atoms with E-state index in [2.05, 4.69) is 10.3 Å². The highest BCUT2D eigenvalue weighted by Crippen LogP contribution is 2.27. The molecule has 0 aliphatic rings. The molecule has 0 bridgehead atoms. The minimum Gasteiger partial charge on any atom is -0.493 e. The third-order valence-corrected chi connectivity index (χ3v) is 4.12. The van der Waals surface area contributed by atoms with Crippen LogP contribution in [0, 0.1) is 6.92 Å². The van der Waals surface area contributed by atoms with Gasteiger partial charge in [-0.2, -0.15) is 0 Å². The summed E-state index contributed by atoms with van der Waals surface area (Å²) in [5, 5.41) is 2.94. The molecule has 134 valence electrons. The fourth-order valence-corrected chi connectivity index (χ4v) is 2.77. The molecule has 1 aromatic carbocycles. The van der Waals surface area contributed by atoms with Gasteiger partial charge in [0.15, 0.2) is 11.5 Å². The normalized spacial score (nSPS) is 10.4. The number of carbonyl (C=O) groups is 1. The molecule has 1 amide bonds. The fraction of sp³-hybridized carbons (Fsp3) is 0.200. The highest BCUT2D eigenvalue weighted by molar-refractivity contribution is 5.93. The topological polar surface area (TPSA) is 65.4 Å². The van der Waals surface area contributed by atoms with Crippen molar-refractivity contribution in [2.75, 3.05) is 14.2 Å². The van der Waals surface area contributed by atoms with E-state index in [1.54, 1.807) is 26.5 Å². The predicted octanol–water partition coefficient (Wildman–Crippen LogP) is 3.13. The number of nitrogens with zero attached hydrogens (tertiary/aromatic N) is 2. The zero-order chi connectivity index (χ0) is 18.5. The van der Waals surface area contributed by atoms with Crippen LogP contribution in [0.3, 0.4) is 0 Å². The van der Waals surface area contributed by atoms with Crippen molar-refractivity contribution in [3.8, 4) is 17.2 Å². The molecular weight excluding hydrogens is 330 g/mol. The van der Waals surface area contributed by atoms with Crippen molar-refractivity contribution >= 4 is 5.91 Å². The first-order chi connectivity index (χ1) is 12.6. The molecule has 26 heavy (non-hydrogen) atoms. The van der Waals surface area contributed by atoms with Gasteiger partial charge in [0.2, 0.25) is 0 Å². The largest absolute Gasteiger partial charge is 0.493 e. The van der Waals surface area contributed by atoms with E-state index >= 15 is 0 Å². The molecule has 0 saturated carbocycles. The van der Waals surface area contributed by atoms with E-state index in [9.17, 15) is 4.79 Å². The van der Waals surface area contributed by atoms with Gasteiger partial charge >= 0.3 is 0 Å². The van der Waals surface area contributed by atoms with E-state index in [0.29, 0.717) is 23.7 Å². The standard InChI is InChI=1S/C20H21N3O3/c1-14-16(6-4-10-21-14)23-11-5-7-17(23)20(24)22-13-15-8-9-18(25-2)19(12-15)26-3/h4-12H,13H2,1-3H3,(H,22,24). The Balaban J connectivity index is 1.76. The van der Waals surface area contributed by atoms with E-state index in [1.807, 2.05) is 54.1 Å². The molecule has 0 atom stereocenters. The quantitative estimate of drug-likeness (QED) is 0.741. The molecule has 3 rings (SSSR count). The maximum absolute atomic E-state index is 12.7. The van der Waals surface area contributed by atoms with Crippen LogP contribution in [0.5, 0.6) is 11.5 Å². The Kier molecular flexibility index (Phi) is 5.22. The van der Waals surface area contributed by atoms with Gasteiger partial charge in [-0.05, 0) is 48.9 Å². The van der Waals surface area contributed by atoms with Crippen molar-refractivity contribution in [3.63, 3.8) is 0 Å². The van der Waals surface area contributed by atoms with Crippen LogP contribution in [0.1, 0.15) is 21.7 Å². The van der Waals surface area contributed by atoms with Crippen LogP contribution < -0.4 is 14.8 Å². The first-order valence-corrected chi connectivity index (χ1v) is 8.22. The number of pyridine rings is 1. The maximum Gasteiger partial charge on any atom is 0.268 e. The summed E-state index contributed by atoms with van der Waals surface area (Å²) in [7, 11) is 3.18. The highest BCUT2D eigenvalue weighted by atomic mass is 16.5. The smallest absolute Gasteiger partial charge is 0.268 e. The van der Waals surface area contributed by atoms with Crippen LogP contribution in [0.15, 0.2) is 54.9 Å². The van der Waals surface area contributed by atoms with Crippen molar-refractivity contribution in [1.82, 2.24) is 14.9 Å². The first-order valence-electron chi connectivity index (χ1n) is 8.22. The number of aromatic nitrogens is 2. The van der Waals surface area contributed by atoms with Crippen molar-refractivity contribution in [3.05, 3.63) is 71.8 Å². The van der Waals surface area contributed by atoms with Gasteiger partial charge < -0.3 is 19.4 Å². The Bertz CT molecular complexity index is 918. The van der Waals surface area contributed by atoms with Gasteiger partial charge in [-0.1, -0.05) is 6.07 Å². The third kappa shape index (κ3) is 3.54. The second-order valence-corrected chi connectivity index (χ2v) is 5.74. The zero-order valence-corrected chi connectivity index (χ0v) is 15.0. The fourth-order valence-electron chi connectivity index (χ4n) is 2.77. The number of rotatable bonds is 6. The summed E-state index contributed by atoms with van der Waals surface area (Å²) in [5.74, 6) is 1.13. The number of nitrogens with one attached hydrogen (secondary N) is 1. The van der Waals surface area contributed by atoms with E-state index < -0.39 is 0 Å². The Labute approximate surface area is 152 Å². The molecule has 0 fully saturated rings. The molecule has 0 aliphatic heterocycles. The second kappa shape index (κ2) is 7.74. The molecule has 0 saturated heterocycles. The van der Waals surface area contributed by atoms with Gasteiger partial charge in [0.05, 0.1) is 25.6 Å². The maximum atomic E-state index is 12.7. The van der Waals surface area contributed by atoms with Crippen molar-refractivity contribution in [2.24, 2.45) is 0 Å². The number of hydrogen-bond acceptors (Lipinski definition) is 4. The molecule has 2 aromatic heterocycles. The van der Waals surface area contributed by atoms with E-state index in [-0.39, 0.29) is 5.91 Å². The molecule has 6 heteroatoms. The molecule has 0 aliphatic carbocycles. The minimum atomic E-state index is -0.159. The Morgan fingerprint density at radius 2 is 1.92 bits per heavy atom. The number of methoxy groups -OCH3 is 2. The van der Waals surface area contributed by atoms with Gasteiger partial charge in [0.25, 0.3) is 5.91 Å². The SMILES string of the molecule is COc1ccc(CNC(=O)c2cccn2-c2cccnc2C)cc1OC. The molecule has 2 heterocycles. The molecule has 0 spiro atoms. The van der Waals surface area contributed by atoms with Crippen LogP contribution in [0.25, 0.3) is 5.69 Å². The summed E-state index contributed by atoms with van der Waals surface area (Å²) in [6.45, 7) is 2.30. The lowest BCUT2D eigenvalue weighted by Gasteiger charge is -2.12. The molecule has 6 nitrogen and oxygen atoms in total. The van der Waals surface area contributed by atoms with E-state index in [4.69, 9.17) is 9.47 Å². The Hall–Kier alpha value is -3.28. The summed E-state index contributed by atoms with van der Waals surface area (Å²) in [4.78, 5) is 16.9. The van der Waals surface area contributed by atoms with Crippen molar-refractivity contribution < 1.29 is 14.3 Å². The number of amides is 1. The number of benzene rings is 1. The van der Waals surface area contributed by atoms with Crippen LogP contribution in [-0.2, 0) is 6.54 Å². The van der Waals surface area contributed by atoms with Crippen LogP contribution >= 0.6 is 0 Å². The van der Waals surface area contributed by atoms with Crippen molar-refractivity contribution in [2.45, 2.75) is 13.5 Å². The predicted molar refractivity (Wildman–Crippen MR) is 99.0 cm³/mol. The summed E-state index contributed by atoms with van der Waals surface area (Å²) in [6.07, 6.45) is 3.59. The minimum absolute atomic E-state index is 0.159. The number of ether oxygens (including phenoxy) is 2. The van der Waals surface area contributed by atoms with Gasteiger partial charge in [-0.25, -0.2) is 0 Å². The monoisotopic (exact) mass is 351 g/mol. The Morgan fingerprint density at radius 1 is 1.12 bits per heavy atom. The summed E-state index contributed by atoms with van der Waals surface area (Å²) in [5.41, 5.74) is 3.22. The lowest BCUT2D eigenvalue weighted by molar-refractivity contribution is 0.0944. The first kappa shape index (κ1) is 17.5. The molecule has 0 radical (unpaired) electrons. The van der Waals surface area contributed by atoms with Gasteiger partial charge in [-0.3, -0.25) is 9.78 Å². The number of aryl methyl sites for hydroxylation is 1. The van der Waals surface area contributed by atoms with E-state index in [0.717, 1.165) is 16.9 Å². The molecular formula is C20H21N3O3. The third-order valence-electron chi connectivity index (χ3n) is 4.12.